The molecule has 3 aliphatic heterocycles. The van der Waals surface area contributed by atoms with Crippen molar-refractivity contribution in [1.29, 1.82) is 0 Å². The summed E-state index contributed by atoms with van der Waals surface area (Å²) in [7, 11) is 2.07. The summed E-state index contributed by atoms with van der Waals surface area (Å²) >= 11 is 0. The Hall–Kier alpha value is -6.15. The maximum atomic E-state index is 13.3. The lowest BCUT2D eigenvalue weighted by molar-refractivity contribution is -0.143. The molecule has 2 saturated heterocycles. The maximum Gasteiger partial charge on any atom is 0.262 e. The van der Waals surface area contributed by atoms with Gasteiger partial charge in [-0.1, -0.05) is 12.1 Å². The quantitative estimate of drug-likeness (QED) is 0.222. The van der Waals surface area contributed by atoms with Crippen molar-refractivity contribution in [1.82, 2.24) is 34.6 Å². The average molecular weight is 742 g/mol. The van der Waals surface area contributed by atoms with Gasteiger partial charge >= 0.3 is 0 Å². The number of hydrogen-bond acceptors (Lipinski definition) is 10. The lowest BCUT2D eigenvalue weighted by Gasteiger charge is -2.40. The van der Waals surface area contributed by atoms with Gasteiger partial charge in [-0.15, -0.1) is 0 Å². The Balaban J connectivity index is 0.712. The Morgan fingerprint density at radius 1 is 0.855 bits per heavy atom. The van der Waals surface area contributed by atoms with Crippen molar-refractivity contribution in [3.8, 4) is 22.8 Å². The molecule has 4 aliphatic rings. The highest BCUT2D eigenvalue weighted by Crippen LogP contribution is 2.35. The van der Waals surface area contributed by atoms with E-state index in [9.17, 15) is 24.0 Å². The van der Waals surface area contributed by atoms with E-state index in [0.29, 0.717) is 50.7 Å². The minimum atomic E-state index is -1.01. The second-order valence-electron chi connectivity index (χ2n) is 14.6. The monoisotopic (exact) mass is 741 g/mol. The summed E-state index contributed by atoms with van der Waals surface area (Å²) in [5.41, 5.74) is 4.75. The SMILES string of the molecule is Cn1c2ccncc2c2ccc(-c3ccc(O[C@H]4C[C@H](C(=O)N5CCN(CCOc6ccc7c(c6)C(=O)N(C6CCC(=O)NC6=O)C7=O)CC5)C4)nc3)cc21. The molecule has 1 unspecified atom stereocenters. The number of nitrogens with one attached hydrogen (secondary N) is 1. The molecule has 3 aromatic heterocycles. The van der Waals surface area contributed by atoms with Gasteiger partial charge in [-0.3, -0.25) is 44.1 Å². The minimum Gasteiger partial charge on any atom is -0.492 e. The van der Waals surface area contributed by atoms with Gasteiger partial charge in [-0.05, 0) is 61.2 Å². The zero-order valence-electron chi connectivity index (χ0n) is 30.3. The Morgan fingerprint density at radius 2 is 1.65 bits per heavy atom. The highest BCUT2D eigenvalue weighted by atomic mass is 16.5. The zero-order chi connectivity index (χ0) is 37.8. The summed E-state index contributed by atoms with van der Waals surface area (Å²) in [5, 5.41) is 4.50. The largest absolute Gasteiger partial charge is 0.492 e. The molecule has 0 spiro atoms. The molecule has 9 rings (SSSR count). The van der Waals surface area contributed by atoms with Crippen molar-refractivity contribution in [2.75, 3.05) is 39.3 Å². The van der Waals surface area contributed by atoms with Gasteiger partial charge in [0.05, 0.1) is 16.6 Å². The first-order valence-electron chi connectivity index (χ1n) is 18.7. The van der Waals surface area contributed by atoms with Crippen LogP contribution in [-0.2, 0) is 21.4 Å². The number of piperazine rings is 1. The zero-order valence-corrected chi connectivity index (χ0v) is 30.3. The lowest BCUT2D eigenvalue weighted by Crippen LogP contribution is -2.54. The number of piperidine rings is 1. The van der Waals surface area contributed by atoms with Crippen LogP contribution in [0.3, 0.4) is 0 Å². The van der Waals surface area contributed by atoms with Crippen LogP contribution in [0.2, 0.25) is 0 Å². The number of nitrogens with zero attached hydrogens (tertiary/aromatic N) is 6. The van der Waals surface area contributed by atoms with Crippen LogP contribution < -0.4 is 14.8 Å². The molecular formula is C41H39N7O7. The van der Waals surface area contributed by atoms with E-state index in [4.69, 9.17) is 9.47 Å². The average Bonchev–Trinajstić information content (AvgIpc) is 3.61. The Morgan fingerprint density at radius 3 is 2.44 bits per heavy atom. The molecule has 2 aromatic carbocycles. The number of aromatic nitrogens is 3. The molecule has 3 fully saturated rings. The van der Waals surface area contributed by atoms with Gasteiger partial charge in [0.15, 0.2) is 0 Å². The van der Waals surface area contributed by atoms with Crippen LogP contribution in [0.4, 0.5) is 0 Å². The fraction of sp³-hybridized carbons (Fsp3) is 0.341. The summed E-state index contributed by atoms with van der Waals surface area (Å²) in [6.07, 6.45) is 7.02. The van der Waals surface area contributed by atoms with E-state index >= 15 is 0 Å². The molecular weight excluding hydrogens is 702 g/mol. The van der Waals surface area contributed by atoms with Crippen molar-refractivity contribution in [3.05, 3.63) is 84.3 Å². The summed E-state index contributed by atoms with van der Waals surface area (Å²) in [5.74, 6) is -1.06. The van der Waals surface area contributed by atoms with Crippen molar-refractivity contribution in [2.45, 2.75) is 37.8 Å². The van der Waals surface area contributed by atoms with Crippen LogP contribution in [0.1, 0.15) is 46.4 Å². The molecule has 6 heterocycles. The van der Waals surface area contributed by atoms with Gasteiger partial charge in [0.1, 0.15) is 24.5 Å². The van der Waals surface area contributed by atoms with E-state index in [2.05, 4.69) is 50.0 Å². The number of imide groups is 2. The Kier molecular flexibility index (Phi) is 8.76. The van der Waals surface area contributed by atoms with E-state index in [1.54, 1.807) is 6.07 Å². The third kappa shape index (κ3) is 6.35. The van der Waals surface area contributed by atoms with E-state index < -0.39 is 29.7 Å². The lowest BCUT2D eigenvalue weighted by atomic mass is 9.81. The minimum absolute atomic E-state index is 0.0420. The highest BCUT2D eigenvalue weighted by Gasteiger charge is 2.45. The number of benzene rings is 2. The van der Waals surface area contributed by atoms with Gasteiger partial charge in [-0.25, -0.2) is 4.98 Å². The Labute approximate surface area is 316 Å². The maximum absolute atomic E-state index is 13.3. The standard InChI is InChI=1S/C41H39N7O7/c1-45-33-10-11-42-23-32(33)29-5-2-24(20-35(29)45)25-3-9-37(43-22-25)55-28-18-26(19-28)39(51)47-14-12-46(13-15-47)16-17-54-27-4-6-30-31(21-27)41(53)48(40(30)52)34-7-8-36(49)44-38(34)50/h2-6,9-11,20-23,26,28,34H,7-8,12-19H2,1H3,(H,44,49,50)/t26-,28-,34?. The third-order valence-electron chi connectivity index (χ3n) is 11.4. The van der Waals surface area contributed by atoms with Crippen molar-refractivity contribution >= 4 is 51.3 Å². The first-order chi connectivity index (χ1) is 26.7. The topological polar surface area (TPSA) is 156 Å². The van der Waals surface area contributed by atoms with Gasteiger partial charge < -0.3 is 18.9 Å². The molecule has 1 aliphatic carbocycles. The first kappa shape index (κ1) is 34.6. The van der Waals surface area contributed by atoms with Crippen molar-refractivity contribution < 1.29 is 33.4 Å². The van der Waals surface area contributed by atoms with E-state index in [0.717, 1.165) is 45.5 Å². The summed E-state index contributed by atoms with van der Waals surface area (Å²) in [6, 6.07) is 16.1. The van der Waals surface area contributed by atoms with Gasteiger partial charge in [0.2, 0.25) is 23.6 Å². The summed E-state index contributed by atoms with van der Waals surface area (Å²) < 4.78 is 14.3. The number of aryl methyl sites for hydroxylation is 1. The molecule has 0 bridgehead atoms. The summed E-state index contributed by atoms with van der Waals surface area (Å²) in [4.78, 5) is 77.2. The molecule has 5 amide bonds. The molecule has 14 heteroatoms. The Bertz CT molecular complexity index is 2380. The van der Waals surface area contributed by atoms with Crippen LogP contribution in [0, 0.1) is 5.92 Å². The van der Waals surface area contributed by atoms with Crippen LogP contribution >= 0.6 is 0 Å². The number of pyridine rings is 2. The predicted octanol–water partition coefficient (Wildman–Crippen LogP) is 3.57. The van der Waals surface area contributed by atoms with E-state index in [1.807, 2.05) is 41.7 Å². The molecule has 14 nitrogen and oxygen atoms in total. The predicted molar refractivity (Wildman–Crippen MR) is 200 cm³/mol. The molecule has 280 valence electrons. The van der Waals surface area contributed by atoms with E-state index in [-0.39, 0.29) is 41.9 Å². The number of amides is 5. The summed E-state index contributed by atoms with van der Waals surface area (Å²) in [6.45, 7) is 3.71. The van der Waals surface area contributed by atoms with Gasteiger partial charge in [0, 0.05) is 98.6 Å². The van der Waals surface area contributed by atoms with Crippen LogP contribution in [0.5, 0.6) is 11.6 Å². The highest BCUT2D eigenvalue weighted by molar-refractivity contribution is 6.23. The first-order valence-corrected chi connectivity index (χ1v) is 18.7. The number of carbonyl (C=O) groups is 5. The molecule has 1 atom stereocenters. The van der Waals surface area contributed by atoms with Crippen LogP contribution in [0.15, 0.2) is 73.2 Å². The van der Waals surface area contributed by atoms with Gasteiger partial charge in [-0.2, -0.15) is 0 Å². The fourth-order valence-corrected chi connectivity index (χ4v) is 8.17. The van der Waals surface area contributed by atoms with Gasteiger partial charge in [0.25, 0.3) is 11.8 Å². The number of rotatable bonds is 9. The number of hydrogen-bond donors (Lipinski definition) is 1. The second kappa shape index (κ2) is 13.9. The molecule has 55 heavy (non-hydrogen) atoms. The molecule has 1 N–H and O–H groups in total. The molecule has 1 saturated carbocycles. The number of fused-ring (bicyclic) bond motifs is 4. The molecule has 5 aromatic rings. The van der Waals surface area contributed by atoms with Crippen LogP contribution in [-0.4, -0.2) is 110 Å². The molecule has 0 radical (unpaired) electrons. The second-order valence-corrected chi connectivity index (χ2v) is 14.6. The smallest absolute Gasteiger partial charge is 0.262 e. The fourth-order valence-electron chi connectivity index (χ4n) is 8.17. The van der Waals surface area contributed by atoms with E-state index in [1.165, 1.54) is 17.5 Å². The normalized spacial score (nSPS) is 21.5. The van der Waals surface area contributed by atoms with Crippen LogP contribution in [0.25, 0.3) is 32.9 Å². The van der Waals surface area contributed by atoms with Crippen molar-refractivity contribution in [3.63, 3.8) is 0 Å². The third-order valence-corrected chi connectivity index (χ3v) is 11.4. The van der Waals surface area contributed by atoms with Crippen molar-refractivity contribution in [2.24, 2.45) is 13.0 Å². The number of ether oxygens (including phenoxy) is 2. The number of carbonyl (C=O) groups excluding carboxylic acids is 5.